The molecule has 4 rings (SSSR count). The minimum atomic E-state index is -2.33. The van der Waals surface area contributed by atoms with Crippen LogP contribution in [0.15, 0.2) is 21.7 Å². The number of pyridine rings is 1. The first kappa shape index (κ1) is 14.0. The molecule has 4 heterocycles. The second-order valence-corrected chi connectivity index (χ2v) is 5.24. The number of aromatic amines is 2. The average Bonchev–Trinajstić information content (AvgIpc) is 3.02. The number of carboxylic acids is 1. The van der Waals surface area contributed by atoms with Crippen molar-refractivity contribution in [3.63, 3.8) is 0 Å². The molecule has 11 nitrogen and oxygen atoms in total. The first-order chi connectivity index (χ1) is 10.8. The average molecular weight is 323 g/mol. The molecule has 23 heavy (non-hydrogen) atoms. The van der Waals surface area contributed by atoms with E-state index in [1.807, 2.05) is 0 Å². The van der Waals surface area contributed by atoms with Crippen molar-refractivity contribution in [1.29, 1.82) is 0 Å². The second kappa shape index (κ2) is 4.02. The van der Waals surface area contributed by atoms with E-state index in [-0.39, 0.29) is 16.7 Å². The van der Waals surface area contributed by atoms with E-state index in [9.17, 15) is 24.6 Å². The first-order valence-electron chi connectivity index (χ1n) is 6.43. The van der Waals surface area contributed by atoms with Crippen molar-refractivity contribution >= 4 is 17.0 Å². The van der Waals surface area contributed by atoms with Crippen LogP contribution in [0.4, 0.5) is 0 Å². The van der Waals surface area contributed by atoms with Crippen LogP contribution in [0.3, 0.4) is 0 Å². The van der Waals surface area contributed by atoms with Gasteiger partial charge in [0.15, 0.2) is 12.2 Å². The molecule has 0 amide bonds. The monoisotopic (exact) mass is 323 g/mol. The molecule has 2 aliphatic heterocycles. The third-order valence-electron chi connectivity index (χ3n) is 3.90. The van der Waals surface area contributed by atoms with E-state index in [0.29, 0.717) is 0 Å². The number of aliphatic hydroxyl groups excluding tert-OH is 1. The number of aliphatic hydroxyl groups is 2. The zero-order valence-electron chi connectivity index (χ0n) is 11.1. The SMILES string of the molecule is O=C(O)[C@H]1OC2(c3[nH]c(=O)nc4[nH]c(=O)ccc34)O[C@@]2(O)[C@H]1O. The normalized spacial score (nSPS) is 35.2. The maximum atomic E-state index is 11.7. The Balaban J connectivity index is 1.96. The van der Waals surface area contributed by atoms with Crippen molar-refractivity contribution in [3.8, 4) is 0 Å². The molecule has 2 aliphatic rings. The Bertz CT molecular complexity index is 961. The minimum absolute atomic E-state index is 0.0969. The van der Waals surface area contributed by atoms with Crippen LogP contribution in [0, 0.1) is 0 Å². The van der Waals surface area contributed by atoms with Gasteiger partial charge in [0.25, 0.3) is 11.6 Å². The number of ether oxygens (including phenoxy) is 2. The summed E-state index contributed by atoms with van der Waals surface area (Å²) >= 11 is 0. The van der Waals surface area contributed by atoms with Crippen molar-refractivity contribution in [1.82, 2.24) is 15.0 Å². The Morgan fingerprint density at radius 1 is 1.30 bits per heavy atom. The van der Waals surface area contributed by atoms with Gasteiger partial charge in [0, 0.05) is 11.5 Å². The number of epoxide rings is 1. The van der Waals surface area contributed by atoms with Gasteiger partial charge in [-0.05, 0) is 6.07 Å². The largest absolute Gasteiger partial charge is 0.479 e. The molecule has 2 saturated heterocycles. The minimum Gasteiger partial charge on any atom is -0.479 e. The van der Waals surface area contributed by atoms with Gasteiger partial charge in [-0.15, -0.1) is 0 Å². The van der Waals surface area contributed by atoms with Crippen LogP contribution in [0.25, 0.3) is 11.0 Å². The van der Waals surface area contributed by atoms with E-state index in [1.165, 1.54) is 6.07 Å². The summed E-state index contributed by atoms with van der Waals surface area (Å²) in [5, 5.41) is 29.4. The van der Waals surface area contributed by atoms with Crippen LogP contribution in [0.1, 0.15) is 5.69 Å². The van der Waals surface area contributed by atoms with Gasteiger partial charge in [0.05, 0.1) is 5.69 Å². The van der Waals surface area contributed by atoms with Crippen molar-refractivity contribution < 1.29 is 29.6 Å². The molecule has 2 aromatic heterocycles. The van der Waals surface area contributed by atoms with E-state index in [1.54, 1.807) is 0 Å². The number of aliphatic carboxylic acids is 1. The molecule has 2 aromatic rings. The van der Waals surface area contributed by atoms with Crippen molar-refractivity contribution in [3.05, 3.63) is 38.7 Å². The lowest BCUT2D eigenvalue weighted by atomic mass is 10.0. The Kier molecular flexibility index (Phi) is 2.45. The Hall–Kier alpha value is -2.60. The van der Waals surface area contributed by atoms with Gasteiger partial charge in [-0.1, -0.05) is 0 Å². The summed E-state index contributed by atoms with van der Waals surface area (Å²) in [6, 6.07) is 2.44. The van der Waals surface area contributed by atoms with E-state index in [4.69, 9.17) is 14.6 Å². The number of nitrogens with zero attached hydrogens (tertiary/aromatic N) is 1. The summed E-state index contributed by atoms with van der Waals surface area (Å²) in [6.45, 7) is 0. The van der Waals surface area contributed by atoms with E-state index in [2.05, 4.69) is 15.0 Å². The van der Waals surface area contributed by atoms with Gasteiger partial charge in [0.2, 0.25) is 5.56 Å². The van der Waals surface area contributed by atoms with Crippen LogP contribution in [-0.4, -0.2) is 54.2 Å². The molecule has 2 fully saturated rings. The zero-order valence-corrected chi connectivity index (χ0v) is 11.1. The van der Waals surface area contributed by atoms with Gasteiger partial charge in [-0.3, -0.25) is 9.53 Å². The summed E-state index contributed by atoms with van der Waals surface area (Å²) in [7, 11) is 0. The highest BCUT2D eigenvalue weighted by Gasteiger charge is 2.85. The number of H-pyrrole nitrogens is 2. The highest BCUT2D eigenvalue weighted by Crippen LogP contribution is 2.63. The highest BCUT2D eigenvalue weighted by atomic mass is 16.9. The molecular formula is C12H9N3O8. The smallest absolute Gasteiger partial charge is 0.347 e. The molecule has 11 heteroatoms. The fourth-order valence-electron chi connectivity index (χ4n) is 2.80. The summed E-state index contributed by atoms with van der Waals surface area (Å²) in [5.74, 6) is -5.90. The number of hydrogen-bond acceptors (Lipinski definition) is 8. The Morgan fingerprint density at radius 3 is 2.70 bits per heavy atom. The van der Waals surface area contributed by atoms with E-state index in [0.717, 1.165) is 6.07 Å². The fourth-order valence-corrected chi connectivity index (χ4v) is 2.80. The van der Waals surface area contributed by atoms with Crippen LogP contribution >= 0.6 is 0 Å². The quantitative estimate of drug-likeness (QED) is 0.368. The predicted octanol–water partition coefficient (Wildman–Crippen LogP) is -2.67. The van der Waals surface area contributed by atoms with Gasteiger partial charge in [-0.25, -0.2) is 9.59 Å². The Morgan fingerprint density at radius 2 is 2.04 bits per heavy atom. The maximum absolute atomic E-state index is 11.7. The third-order valence-corrected chi connectivity index (χ3v) is 3.90. The third kappa shape index (κ3) is 1.61. The highest BCUT2D eigenvalue weighted by molar-refractivity contribution is 5.79. The van der Waals surface area contributed by atoms with Crippen LogP contribution in [0.5, 0.6) is 0 Å². The lowest BCUT2D eigenvalue weighted by molar-refractivity contribution is -0.182. The Labute approximate surface area is 125 Å². The van der Waals surface area contributed by atoms with E-state index >= 15 is 0 Å². The molecule has 0 spiro atoms. The number of rotatable bonds is 2. The van der Waals surface area contributed by atoms with Gasteiger partial charge in [0.1, 0.15) is 5.65 Å². The zero-order chi connectivity index (χ0) is 16.6. The van der Waals surface area contributed by atoms with Crippen LogP contribution < -0.4 is 11.2 Å². The second-order valence-electron chi connectivity index (χ2n) is 5.24. The number of fused-ring (bicyclic) bond motifs is 2. The summed E-state index contributed by atoms with van der Waals surface area (Å²) < 4.78 is 10.2. The molecule has 0 saturated carbocycles. The summed E-state index contributed by atoms with van der Waals surface area (Å²) in [6.07, 6.45) is -3.61. The number of aromatic nitrogens is 3. The summed E-state index contributed by atoms with van der Waals surface area (Å²) in [4.78, 5) is 42.3. The predicted molar refractivity (Wildman–Crippen MR) is 69.2 cm³/mol. The summed E-state index contributed by atoms with van der Waals surface area (Å²) in [5.41, 5.74) is -1.63. The molecule has 0 aliphatic carbocycles. The standard InChI is InChI=1S/C12H9N3O8/c16-4-2-1-3-6(14-10(20)15-8(3)13-4)12-11(21,23-12)7(17)5(22-12)9(18)19/h1-2,5,7,17,21H,(H,18,19)(H2,13,14,15,16,20)/t5-,7-,11-,12?/m0/s1. The number of carboxylic acid groups (broad SMARTS) is 1. The lowest BCUT2D eigenvalue weighted by Crippen LogP contribution is -2.40. The number of carbonyl (C=O) groups is 1. The molecule has 0 bridgehead atoms. The van der Waals surface area contributed by atoms with Crippen molar-refractivity contribution in [2.75, 3.05) is 0 Å². The molecular weight excluding hydrogens is 314 g/mol. The van der Waals surface area contributed by atoms with Crippen molar-refractivity contribution in [2.45, 2.75) is 23.8 Å². The molecule has 1 unspecified atom stereocenters. The van der Waals surface area contributed by atoms with E-state index < -0.39 is 41.0 Å². The van der Waals surface area contributed by atoms with Gasteiger partial charge in [-0.2, -0.15) is 4.98 Å². The van der Waals surface area contributed by atoms with Gasteiger partial charge >= 0.3 is 11.7 Å². The van der Waals surface area contributed by atoms with Gasteiger partial charge < -0.3 is 30.0 Å². The fraction of sp³-hybridized carbons (Fsp3) is 0.333. The molecule has 0 aromatic carbocycles. The topological polar surface area (TPSA) is 178 Å². The first-order valence-corrected chi connectivity index (χ1v) is 6.43. The number of hydrogen-bond donors (Lipinski definition) is 5. The molecule has 4 atom stereocenters. The molecule has 120 valence electrons. The lowest BCUT2D eigenvalue weighted by Gasteiger charge is -2.15. The van der Waals surface area contributed by atoms with Crippen LogP contribution in [0.2, 0.25) is 0 Å². The number of nitrogens with one attached hydrogen (secondary N) is 2. The van der Waals surface area contributed by atoms with Crippen LogP contribution in [-0.2, 0) is 20.1 Å². The molecule has 5 N–H and O–H groups in total. The molecule has 0 radical (unpaired) electrons. The van der Waals surface area contributed by atoms with Crippen molar-refractivity contribution in [2.24, 2.45) is 0 Å². The maximum Gasteiger partial charge on any atom is 0.347 e.